The number of esters is 1. The molecule has 0 saturated carbocycles. The first-order valence-corrected chi connectivity index (χ1v) is 6.11. The summed E-state index contributed by atoms with van der Waals surface area (Å²) in [5.41, 5.74) is 8.80. The van der Waals surface area contributed by atoms with Gasteiger partial charge in [0.25, 0.3) is 0 Å². The van der Waals surface area contributed by atoms with Crippen LogP contribution in [0.5, 0.6) is 0 Å². The Hall–Kier alpha value is -2.82. The minimum Gasteiger partial charge on any atom is -0.465 e. The Morgan fingerprint density at radius 2 is 2.05 bits per heavy atom. The van der Waals surface area contributed by atoms with Crippen molar-refractivity contribution in [1.29, 1.82) is 0 Å². The van der Waals surface area contributed by atoms with Crippen molar-refractivity contribution in [3.63, 3.8) is 0 Å². The molecule has 0 amide bonds. The van der Waals surface area contributed by atoms with Crippen molar-refractivity contribution in [3.05, 3.63) is 48.2 Å². The molecule has 20 heavy (non-hydrogen) atoms. The summed E-state index contributed by atoms with van der Waals surface area (Å²) in [6.07, 6.45) is 1.44. The number of rotatable bonds is 2. The molecule has 5 heteroatoms. The Balaban J connectivity index is 2.24. The highest BCUT2D eigenvalue weighted by atomic mass is 16.5. The number of pyridine rings is 1. The summed E-state index contributed by atoms with van der Waals surface area (Å²) in [6, 6.07) is 11.7. The second-order valence-electron chi connectivity index (χ2n) is 4.39. The summed E-state index contributed by atoms with van der Waals surface area (Å²) < 4.78 is 4.77. The van der Waals surface area contributed by atoms with Crippen LogP contribution in [0.25, 0.3) is 22.2 Å². The number of nitrogens with one attached hydrogen (secondary N) is 1. The summed E-state index contributed by atoms with van der Waals surface area (Å²) in [5, 5.41) is 0.711. The van der Waals surface area contributed by atoms with E-state index in [2.05, 4.69) is 9.97 Å². The third-order valence-corrected chi connectivity index (χ3v) is 3.19. The van der Waals surface area contributed by atoms with E-state index in [0.717, 1.165) is 11.3 Å². The molecule has 0 aliphatic heterocycles. The van der Waals surface area contributed by atoms with E-state index in [4.69, 9.17) is 10.5 Å². The van der Waals surface area contributed by atoms with E-state index < -0.39 is 5.97 Å². The summed E-state index contributed by atoms with van der Waals surface area (Å²) in [7, 11) is 1.34. The van der Waals surface area contributed by atoms with Gasteiger partial charge in [0.15, 0.2) is 0 Å². The van der Waals surface area contributed by atoms with Gasteiger partial charge >= 0.3 is 5.97 Å². The highest BCUT2D eigenvalue weighted by molar-refractivity contribution is 6.07. The van der Waals surface area contributed by atoms with E-state index in [0.29, 0.717) is 22.3 Å². The molecule has 0 spiro atoms. The Morgan fingerprint density at radius 3 is 2.75 bits per heavy atom. The summed E-state index contributed by atoms with van der Waals surface area (Å²) in [6.45, 7) is 0. The van der Waals surface area contributed by atoms with Crippen molar-refractivity contribution >= 4 is 22.7 Å². The molecule has 3 aromatic rings. The van der Waals surface area contributed by atoms with Crippen LogP contribution in [-0.2, 0) is 4.74 Å². The number of anilines is 1. The topological polar surface area (TPSA) is 81.0 Å². The molecule has 3 N–H and O–H groups in total. The number of nitrogen functional groups attached to an aromatic ring is 1. The van der Waals surface area contributed by atoms with Crippen molar-refractivity contribution in [1.82, 2.24) is 9.97 Å². The van der Waals surface area contributed by atoms with Gasteiger partial charge in [-0.05, 0) is 11.6 Å². The van der Waals surface area contributed by atoms with Crippen molar-refractivity contribution in [2.45, 2.75) is 0 Å². The lowest BCUT2D eigenvalue weighted by molar-refractivity contribution is 0.0602. The second kappa shape index (κ2) is 4.70. The molecular formula is C15H13N3O2. The molecule has 3 rings (SSSR count). The molecular weight excluding hydrogens is 254 g/mol. The molecule has 0 aliphatic carbocycles. The van der Waals surface area contributed by atoms with Crippen molar-refractivity contribution < 1.29 is 9.53 Å². The maximum absolute atomic E-state index is 11.8. The second-order valence-corrected chi connectivity index (χ2v) is 4.39. The number of hydrogen-bond acceptors (Lipinski definition) is 4. The number of nitrogens with two attached hydrogens (primary N) is 1. The fourth-order valence-electron chi connectivity index (χ4n) is 2.18. The lowest BCUT2D eigenvalue weighted by Crippen LogP contribution is -2.03. The Bertz CT molecular complexity index is 778. The Morgan fingerprint density at radius 1 is 1.30 bits per heavy atom. The molecule has 0 bridgehead atoms. The Labute approximate surface area is 115 Å². The first-order valence-electron chi connectivity index (χ1n) is 6.11. The fourth-order valence-corrected chi connectivity index (χ4v) is 2.18. The van der Waals surface area contributed by atoms with Gasteiger partial charge in [0, 0.05) is 17.3 Å². The third kappa shape index (κ3) is 1.89. The number of aromatic nitrogens is 2. The minimum atomic E-state index is -0.430. The van der Waals surface area contributed by atoms with Crippen molar-refractivity contribution in [2.24, 2.45) is 0 Å². The predicted octanol–water partition coefficient (Wildman–Crippen LogP) is 2.60. The molecule has 0 fully saturated rings. The minimum absolute atomic E-state index is 0.356. The molecule has 1 aromatic carbocycles. The van der Waals surface area contributed by atoms with Gasteiger partial charge in [-0.3, -0.25) is 0 Å². The largest absolute Gasteiger partial charge is 0.465 e. The molecule has 2 aromatic heterocycles. The molecule has 0 atom stereocenters. The molecule has 0 aliphatic rings. The zero-order valence-electron chi connectivity index (χ0n) is 10.9. The predicted molar refractivity (Wildman–Crippen MR) is 77.3 cm³/mol. The number of aromatic amines is 1. The van der Waals surface area contributed by atoms with Crippen LogP contribution in [0.15, 0.2) is 42.6 Å². The maximum atomic E-state index is 11.8. The number of ether oxygens (including phenoxy) is 1. The maximum Gasteiger partial charge on any atom is 0.340 e. The number of H-pyrrole nitrogens is 1. The number of carbonyl (C=O) groups excluding carboxylic acids is 1. The van der Waals surface area contributed by atoms with Crippen molar-refractivity contribution in [2.75, 3.05) is 12.8 Å². The number of fused-ring (bicyclic) bond motifs is 1. The van der Waals surface area contributed by atoms with Gasteiger partial charge in [-0.2, -0.15) is 0 Å². The first kappa shape index (κ1) is 12.2. The highest BCUT2D eigenvalue weighted by Crippen LogP contribution is 2.28. The highest BCUT2D eigenvalue weighted by Gasteiger charge is 2.16. The fraction of sp³-hybridized carbons (Fsp3) is 0.0667. The lowest BCUT2D eigenvalue weighted by atomic mass is 10.1. The normalized spacial score (nSPS) is 10.7. The van der Waals surface area contributed by atoms with E-state index in [1.165, 1.54) is 13.3 Å². The number of carbonyl (C=O) groups is 1. The average molecular weight is 267 g/mol. The number of benzene rings is 1. The average Bonchev–Trinajstić information content (AvgIpc) is 2.94. The van der Waals surface area contributed by atoms with Gasteiger partial charge in [0.2, 0.25) is 0 Å². The van der Waals surface area contributed by atoms with Gasteiger partial charge in [0.1, 0.15) is 5.82 Å². The number of methoxy groups -OCH3 is 1. The molecule has 0 radical (unpaired) electrons. The van der Waals surface area contributed by atoms with Gasteiger partial charge < -0.3 is 15.5 Å². The van der Waals surface area contributed by atoms with E-state index in [1.807, 2.05) is 36.4 Å². The SMILES string of the molecule is COC(=O)c1cnc(N)c2[nH]c(-c3ccccc3)cc12. The van der Waals surface area contributed by atoms with Crippen LogP contribution in [-0.4, -0.2) is 23.0 Å². The monoisotopic (exact) mass is 267 g/mol. The van der Waals surface area contributed by atoms with Crippen LogP contribution in [0.2, 0.25) is 0 Å². The molecule has 0 saturated heterocycles. The molecule has 100 valence electrons. The first-order chi connectivity index (χ1) is 9.70. The quantitative estimate of drug-likeness (QED) is 0.699. The third-order valence-electron chi connectivity index (χ3n) is 3.19. The van der Waals surface area contributed by atoms with Crippen LogP contribution in [0.1, 0.15) is 10.4 Å². The standard InChI is InChI=1S/C15H13N3O2/c1-20-15(19)11-8-17-14(16)13-10(11)7-12(18-13)9-5-3-2-4-6-9/h2-8,18H,1H3,(H2,16,17). The number of nitrogens with zero attached hydrogens (tertiary/aromatic N) is 1. The van der Waals surface area contributed by atoms with Crippen LogP contribution >= 0.6 is 0 Å². The van der Waals surface area contributed by atoms with Gasteiger partial charge in [-0.15, -0.1) is 0 Å². The van der Waals surface area contributed by atoms with E-state index in [9.17, 15) is 4.79 Å². The summed E-state index contributed by atoms with van der Waals surface area (Å²) in [5.74, 6) is -0.0732. The zero-order valence-corrected chi connectivity index (χ0v) is 10.9. The zero-order chi connectivity index (χ0) is 14.1. The number of hydrogen-bond donors (Lipinski definition) is 2. The summed E-state index contributed by atoms with van der Waals surface area (Å²) >= 11 is 0. The van der Waals surface area contributed by atoms with Crippen molar-refractivity contribution in [3.8, 4) is 11.3 Å². The van der Waals surface area contributed by atoms with Crippen LogP contribution in [0.4, 0.5) is 5.82 Å². The lowest BCUT2D eigenvalue weighted by Gasteiger charge is -2.01. The van der Waals surface area contributed by atoms with E-state index in [-0.39, 0.29) is 0 Å². The summed E-state index contributed by atoms with van der Waals surface area (Å²) in [4.78, 5) is 19.0. The van der Waals surface area contributed by atoms with Gasteiger partial charge in [-0.25, -0.2) is 9.78 Å². The molecule has 2 heterocycles. The Kier molecular flexibility index (Phi) is 2.87. The van der Waals surface area contributed by atoms with Gasteiger partial charge in [-0.1, -0.05) is 30.3 Å². The van der Waals surface area contributed by atoms with E-state index >= 15 is 0 Å². The molecule has 0 unspecified atom stereocenters. The van der Waals surface area contributed by atoms with Crippen LogP contribution in [0, 0.1) is 0 Å². The van der Waals surface area contributed by atoms with Gasteiger partial charge in [0.05, 0.1) is 18.2 Å². The smallest absolute Gasteiger partial charge is 0.340 e. The molecule has 5 nitrogen and oxygen atoms in total. The van der Waals surface area contributed by atoms with E-state index in [1.54, 1.807) is 0 Å². The van der Waals surface area contributed by atoms with Crippen LogP contribution < -0.4 is 5.73 Å². The van der Waals surface area contributed by atoms with Crippen LogP contribution in [0.3, 0.4) is 0 Å².